The van der Waals surface area contributed by atoms with E-state index in [1.54, 1.807) is 0 Å². The first-order valence-corrected chi connectivity index (χ1v) is 1.95. The summed E-state index contributed by atoms with van der Waals surface area (Å²) in [6.45, 7) is 0. The van der Waals surface area contributed by atoms with Crippen molar-refractivity contribution in [3.8, 4) is 0 Å². The molecule has 0 aromatic heterocycles. The van der Waals surface area contributed by atoms with Gasteiger partial charge < -0.3 is 9.59 Å². The van der Waals surface area contributed by atoms with Gasteiger partial charge in [0.15, 0.2) is 0 Å². The molecule has 0 heterocycles. The Balaban J connectivity index is -0.0000000150. The molecule has 0 aliphatic carbocycles. The monoisotopic (exact) mass is 333 g/mol. The molecule has 0 spiro atoms. The van der Waals surface area contributed by atoms with Gasteiger partial charge >= 0.3 is 74.4 Å². The zero-order valence-corrected chi connectivity index (χ0v) is 5.45. The fourth-order valence-electron chi connectivity index (χ4n) is 0. The van der Waals surface area contributed by atoms with E-state index >= 15 is 0 Å². The molecule has 0 atom stereocenters. The summed E-state index contributed by atoms with van der Waals surface area (Å²) in [4.78, 5) is 14.3. The standard InChI is InChI=1S/Ga.Nb.H2O3Si.Sr.5H/c;;1-4(2)3;;;;;;/h;;1-2H;;;;;;. The molecular weight excluding hydrogens is 326 g/mol. The SMILES string of the molecule is O=[Si](O)O.[GaH3].[Nb].[SrH2]. The third-order valence-corrected chi connectivity index (χ3v) is 0. The third-order valence-electron chi connectivity index (χ3n) is 0. The van der Waals surface area contributed by atoms with Crippen LogP contribution in [0.2, 0.25) is 0 Å². The van der Waals surface area contributed by atoms with Crippen LogP contribution in [0.3, 0.4) is 0 Å². The van der Waals surface area contributed by atoms with Gasteiger partial charge in [0.05, 0.1) is 0 Å². The van der Waals surface area contributed by atoms with Gasteiger partial charge in [0.1, 0.15) is 0 Å². The summed E-state index contributed by atoms with van der Waals surface area (Å²) in [5.74, 6) is 0. The van der Waals surface area contributed by atoms with Crippen molar-refractivity contribution < 1.29 is 36.4 Å². The van der Waals surface area contributed by atoms with Crippen LogP contribution in [-0.4, -0.2) is 84.0 Å². The Morgan fingerprint density at radius 2 is 1.29 bits per heavy atom. The molecule has 0 aromatic carbocycles. The van der Waals surface area contributed by atoms with Crippen LogP contribution >= 0.6 is 0 Å². The van der Waals surface area contributed by atoms with Gasteiger partial charge in [-0.05, 0) is 0 Å². The Morgan fingerprint density at radius 1 is 1.29 bits per heavy atom. The van der Waals surface area contributed by atoms with Crippen molar-refractivity contribution in [1.29, 1.82) is 0 Å². The van der Waals surface area contributed by atoms with Gasteiger partial charge in [0, 0.05) is 22.4 Å². The summed E-state index contributed by atoms with van der Waals surface area (Å²) in [6.07, 6.45) is 0. The second kappa shape index (κ2) is 15.8. The molecule has 0 unspecified atom stereocenters. The number of rotatable bonds is 0. The summed E-state index contributed by atoms with van der Waals surface area (Å²) in [5.41, 5.74) is 0. The molecule has 0 aromatic rings. The first-order chi connectivity index (χ1) is 1.73. The average Bonchev–Trinajstić information content (AvgIpc) is 0.811. The Morgan fingerprint density at radius 3 is 1.29 bits per heavy atom. The summed E-state index contributed by atoms with van der Waals surface area (Å²) >= 11 is 0. The Bertz CT molecular complexity index is 37.9. The van der Waals surface area contributed by atoms with Gasteiger partial charge in [-0.15, -0.1) is 0 Å². The van der Waals surface area contributed by atoms with Crippen LogP contribution in [0.5, 0.6) is 0 Å². The molecule has 0 aliphatic heterocycles. The molecule has 0 fully saturated rings. The van der Waals surface area contributed by atoms with Crippen LogP contribution in [0.25, 0.3) is 0 Å². The Kier molecular flexibility index (Phi) is 51.2. The van der Waals surface area contributed by atoms with Crippen LogP contribution in [0.15, 0.2) is 0 Å². The molecule has 2 N–H and O–H groups in total. The molecule has 39 valence electrons. The minimum atomic E-state index is -3.13. The third kappa shape index (κ3) is 58.0. The van der Waals surface area contributed by atoms with Crippen LogP contribution in [0.4, 0.5) is 0 Å². The van der Waals surface area contributed by atoms with E-state index in [2.05, 4.69) is 0 Å². The van der Waals surface area contributed by atoms with E-state index in [0.717, 1.165) is 0 Å². The molecule has 3 nitrogen and oxygen atoms in total. The van der Waals surface area contributed by atoms with E-state index in [4.69, 9.17) is 14.1 Å². The van der Waals surface area contributed by atoms with E-state index in [9.17, 15) is 0 Å². The Hall–Kier alpha value is 2.47. The van der Waals surface area contributed by atoms with Crippen molar-refractivity contribution in [2.24, 2.45) is 0 Å². The molecule has 7 heavy (non-hydrogen) atoms. The van der Waals surface area contributed by atoms with E-state index in [-0.39, 0.29) is 87.7 Å². The molecule has 0 bridgehead atoms. The maximum atomic E-state index is 8.74. The first-order valence-electron chi connectivity index (χ1n) is 0.651. The maximum absolute atomic E-state index is 8.74. The summed E-state index contributed by atoms with van der Waals surface area (Å²) < 4.78 is 8.74. The Labute approximate surface area is 109 Å². The zero-order chi connectivity index (χ0) is 3.58. The quantitative estimate of drug-likeness (QED) is 0.449. The normalized spacial score (nSPS) is 3.43. The topological polar surface area (TPSA) is 57.5 Å². The summed E-state index contributed by atoms with van der Waals surface area (Å²) in [7, 11) is -3.13. The van der Waals surface area contributed by atoms with E-state index in [1.807, 2.05) is 0 Å². The molecule has 0 saturated heterocycles. The van der Waals surface area contributed by atoms with Crippen LogP contribution in [-0.2, 0) is 26.8 Å². The fourth-order valence-corrected chi connectivity index (χ4v) is 0. The van der Waals surface area contributed by atoms with Crippen molar-refractivity contribution in [2.75, 3.05) is 0 Å². The van der Waals surface area contributed by atoms with Gasteiger partial charge in [-0.1, -0.05) is 0 Å². The molecular formula is H7GaNbO3SiSr. The average molecular weight is 333 g/mol. The zero-order valence-electron chi connectivity index (χ0n) is 2.25. The van der Waals surface area contributed by atoms with Crippen molar-refractivity contribution in [1.82, 2.24) is 0 Å². The predicted octanol–water partition coefficient (Wildman–Crippen LogP) is -3.72. The van der Waals surface area contributed by atoms with Gasteiger partial charge in [-0.3, -0.25) is 4.46 Å². The summed E-state index contributed by atoms with van der Waals surface area (Å²) in [5, 5.41) is 0. The molecule has 1 radical (unpaired) electrons. The predicted molar refractivity (Wildman–Crippen MR) is 29.4 cm³/mol. The first kappa shape index (κ1) is 22.7. The van der Waals surface area contributed by atoms with Crippen molar-refractivity contribution >= 4 is 74.4 Å². The second-order valence-corrected chi connectivity index (χ2v) is 0.848. The molecule has 0 aliphatic rings. The second-order valence-electron chi connectivity index (χ2n) is 0.283. The van der Waals surface area contributed by atoms with Crippen LogP contribution in [0.1, 0.15) is 0 Å². The molecule has 0 amide bonds. The van der Waals surface area contributed by atoms with E-state index in [1.165, 1.54) is 0 Å². The molecule has 7 heteroatoms. The van der Waals surface area contributed by atoms with Gasteiger partial charge in [0.25, 0.3) is 0 Å². The van der Waals surface area contributed by atoms with E-state index < -0.39 is 9.17 Å². The summed E-state index contributed by atoms with van der Waals surface area (Å²) in [6, 6.07) is 0. The number of hydrogen-bond acceptors (Lipinski definition) is 1. The van der Waals surface area contributed by atoms with Crippen molar-refractivity contribution in [3.63, 3.8) is 0 Å². The van der Waals surface area contributed by atoms with Gasteiger partial charge in [-0.2, -0.15) is 0 Å². The van der Waals surface area contributed by atoms with Gasteiger partial charge in [0.2, 0.25) is 0 Å². The van der Waals surface area contributed by atoms with E-state index in [0.29, 0.717) is 0 Å². The van der Waals surface area contributed by atoms with Crippen LogP contribution in [0, 0.1) is 0 Å². The van der Waals surface area contributed by atoms with Crippen molar-refractivity contribution in [3.05, 3.63) is 0 Å². The number of hydrogen-bond donors (Lipinski definition) is 2. The van der Waals surface area contributed by atoms with Crippen molar-refractivity contribution in [2.45, 2.75) is 0 Å². The molecule has 0 saturated carbocycles. The minimum absolute atomic E-state index is 0. The molecule has 0 rings (SSSR count). The van der Waals surface area contributed by atoms with Gasteiger partial charge in [-0.25, -0.2) is 0 Å². The van der Waals surface area contributed by atoms with Crippen LogP contribution < -0.4 is 0 Å². The fraction of sp³-hybridized carbons (Fsp3) is 0.